The summed E-state index contributed by atoms with van der Waals surface area (Å²) in [5.41, 5.74) is 5.20. The molecule has 1 aromatic heterocycles. The summed E-state index contributed by atoms with van der Waals surface area (Å²) in [7, 11) is 0. The molecule has 1 aliphatic rings. The summed E-state index contributed by atoms with van der Waals surface area (Å²) >= 11 is 0. The molecular weight excluding hydrogens is 222 g/mol. The number of hydrogen-bond acceptors (Lipinski definition) is 2. The zero-order valence-corrected chi connectivity index (χ0v) is 10.4. The predicted octanol–water partition coefficient (Wildman–Crippen LogP) is 3.11. The van der Waals surface area contributed by atoms with Crippen molar-refractivity contribution < 1.29 is 4.79 Å². The van der Waals surface area contributed by atoms with E-state index in [0.29, 0.717) is 5.56 Å². The molecule has 0 spiro atoms. The van der Waals surface area contributed by atoms with E-state index in [1.807, 2.05) is 25.1 Å². The van der Waals surface area contributed by atoms with Gasteiger partial charge in [0.15, 0.2) is 5.78 Å². The molecule has 2 aromatic rings. The van der Waals surface area contributed by atoms with Gasteiger partial charge in [0.05, 0.1) is 0 Å². The number of aryl methyl sites for hydroxylation is 3. The monoisotopic (exact) mass is 237 g/mol. The van der Waals surface area contributed by atoms with Crippen LogP contribution in [0.3, 0.4) is 0 Å². The molecule has 0 saturated carbocycles. The molecule has 0 radical (unpaired) electrons. The highest BCUT2D eigenvalue weighted by Gasteiger charge is 2.15. The number of hydrogen-bond donors (Lipinski definition) is 0. The molecule has 0 unspecified atom stereocenters. The van der Waals surface area contributed by atoms with E-state index < -0.39 is 0 Å². The lowest BCUT2D eigenvalue weighted by molar-refractivity contribution is 0.103. The standard InChI is InChI=1S/C16H15NO/c1-11-7-15(10-17-9-11)16(18)14-6-5-12-3-2-4-13(12)8-14/h5-10H,2-4H2,1H3. The van der Waals surface area contributed by atoms with E-state index in [4.69, 9.17) is 0 Å². The maximum atomic E-state index is 12.4. The molecule has 0 aliphatic heterocycles. The minimum Gasteiger partial charge on any atom is -0.289 e. The lowest BCUT2D eigenvalue weighted by atomic mass is 10.00. The van der Waals surface area contributed by atoms with Gasteiger partial charge in [-0.25, -0.2) is 0 Å². The number of rotatable bonds is 2. The van der Waals surface area contributed by atoms with Crippen molar-refractivity contribution >= 4 is 5.78 Å². The normalized spacial score (nSPS) is 13.4. The summed E-state index contributed by atoms with van der Waals surface area (Å²) in [5.74, 6) is 0.0703. The van der Waals surface area contributed by atoms with E-state index in [2.05, 4.69) is 11.1 Å². The molecule has 1 aromatic carbocycles. The summed E-state index contributed by atoms with van der Waals surface area (Å²) in [6.07, 6.45) is 6.86. The molecular formula is C16H15NO. The first-order chi connectivity index (χ1) is 8.74. The molecule has 1 aliphatic carbocycles. The molecule has 0 bridgehead atoms. The van der Waals surface area contributed by atoms with Gasteiger partial charge in [0, 0.05) is 23.5 Å². The zero-order chi connectivity index (χ0) is 12.5. The Labute approximate surface area is 107 Å². The van der Waals surface area contributed by atoms with Crippen molar-refractivity contribution in [3.8, 4) is 0 Å². The molecule has 2 nitrogen and oxygen atoms in total. The van der Waals surface area contributed by atoms with Crippen LogP contribution in [0.1, 0.15) is 39.0 Å². The van der Waals surface area contributed by atoms with Crippen LogP contribution >= 0.6 is 0 Å². The van der Waals surface area contributed by atoms with Crippen molar-refractivity contribution in [2.75, 3.05) is 0 Å². The van der Waals surface area contributed by atoms with E-state index in [0.717, 1.165) is 24.0 Å². The highest BCUT2D eigenvalue weighted by molar-refractivity contribution is 6.09. The fourth-order valence-electron chi connectivity index (χ4n) is 2.56. The quantitative estimate of drug-likeness (QED) is 0.751. The molecule has 0 fully saturated rings. The van der Waals surface area contributed by atoms with E-state index in [9.17, 15) is 4.79 Å². The van der Waals surface area contributed by atoms with Crippen molar-refractivity contribution in [3.05, 3.63) is 64.5 Å². The van der Waals surface area contributed by atoms with E-state index >= 15 is 0 Å². The van der Waals surface area contributed by atoms with Gasteiger partial charge in [-0.2, -0.15) is 0 Å². The van der Waals surface area contributed by atoms with Gasteiger partial charge in [0.1, 0.15) is 0 Å². The topological polar surface area (TPSA) is 30.0 Å². The summed E-state index contributed by atoms with van der Waals surface area (Å²) < 4.78 is 0. The summed E-state index contributed by atoms with van der Waals surface area (Å²) in [6, 6.07) is 7.98. The van der Waals surface area contributed by atoms with Gasteiger partial charge in [0.2, 0.25) is 0 Å². The number of carbonyl (C=O) groups excluding carboxylic acids is 1. The van der Waals surface area contributed by atoms with Crippen molar-refractivity contribution in [1.29, 1.82) is 0 Å². The number of pyridine rings is 1. The van der Waals surface area contributed by atoms with Crippen molar-refractivity contribution in [2.45, 2.75) is 26.2 Å². The average Bonchev–Trinajstić information content (AvgIpc) is 2.85. The van der Waals surface area contributed by atoms with Crippen LogP contribution in [0.4, 0.5) is 0 Å². The molecule has 1 heterocycles. The molecule has 0 amide bonds. The van der Waals surface area contributed by atoms with Crippen LogP contribution in [0.15, 0.2) is 36.7 Å². The second-order valence-corrected chi connectivity index (χ2v) is 4.92. The van der Waals surface area contributed by atoms with E-state index in [-0.39, 0.29) is 5.78 Å². The molecule has 3 rings (SSSR count). The summed E-state index contributed by atoms with van der Waals surface area (Å²) in [6.45, 7) is 1.95. The first-order valence-electron chi connectivity index (χ1n) is 6.32. The van der Waals surface area contributed by atoms with Crippen LogP contribution < -0.4 is 0 Å². The molecule has 90 valence electrons. The molecule has 0 saturated heterocycles. The Bertz CT molecular complexity index is 616. The van der Waals surface area contributed by atoms with Crippen LogP contribution in [0.2, 0.25) is 0 Å². The third-order valence-corrected chi connectivity index (χ3v) is 3.50. The number of fused-ring (bicyclic) bond motifs is 1. The van der Waals surface area contributed by atoms with Gasteiger partial charge < -0.3 is 0 Å². The summed E-state index contributed by atoms with van der Waals surface area (Å²) in [4.78, 5) is 16.4. The number of carbonyl (C=O) groups is 1. The SMILES string of the molecule is Cc1cncc(C(=O)c2ccc3c(c2)CCC3)c1. The number of nitrogens with zero attached hydrogens (tertiary/aromatic N) is 1. The second-order valence-electron chi connectivity index (χ2n) is 4.92. The van der Waals surface area contributed by atoms with Crippen LogP contribution in [0, 0.1) is 6.92 Å². The fraction of sp³-hybridized carbons (Fsp3) is 0.250. The smallest absolute Gasteiger partial charge is 0.194 e. The van der Waals surface area contributed by atoms with E-state index in [1.165, 1.54) is 17.5 Å². The highest BCUT2D eigenvalue weighted by Crippen LogP contribution is 2.23. The van der Waals surface area contributed by atoms with Gasteiger partial charge in [-0.15, -0.1) is 0 Å². The Balaban J connectivity index is 1.98. The van der Waals surface area contributed by atoms with Gasteiger partial charge >= 0.3 is 0 Å². The largest absolute Gasteiger partial charge is 0.289 e. The van der Waals surface area contributed by atoms with Crippen LogP contribution in [0.25, 0.3) is 0 Å². The molecule has 0 N–H and O–H groups in total. The van der Waals surface area contributed by atoms with Crippen molar-refractivity contribution in [1.82, 2.24) is 4.98 Å². The Morgan fingerprint density at radius 3 is 2.72 bits per heavy atom. The number of aromatic nitrogens is 1. The molecule has 0 atom stereocenters. The molecule has 18 heavy (non-hydrogen) atoms. The van der Waals surface area contributed by atoms with Gasteiger partial charge in [-0.3, -0.25) is 9.78 Å². The minimum atomic E-state index is 0.0703. The third-order valence-electron chi connectivity index (χ3n) is 3.50. The van der Waals surface area contributed by atoms with E-state index in [1.54, 1.807) is 12.4 Å². The highest BCUT2D eigenvalue weighted by atomic mass is 16.1. The summed E-state index contributed by atoms with van der Waals surface area (Å²) in [5, 5.41) is 0. The Kier molecular flexibility index (Phi) is 2.71. The van der Waals surface area contributed by atoms with Gasteiger partial charge in [-0.05, 0) is 55.0 Å². The second kappa shape index (κ2) is 4.37. The lowest BCUT2D eigenvalue weighted by Crippen LogP contribution is -2.03. The number of benzene rings is 1. The number of ketones is 1. The average molecular weight is 237 g/mol. The van der Waals surface area contributed by atoms with Crippen LogP contribution in [-0.4, -0.2) is 10.8 Å². The lowest BCUT2D eigenvalue weighted by Gasteiger charge is -2.05. The van der Waals surface area contributed by atoms with Gasteiger partial charge in [0.25, 0.3) is 0 Å². The third kappa shape index (κ3) is 1.94. The van der Waals surface area contributed by atoms with Crippen LogP contribution in [-0.2, 0) is 12.8 Å². The minimum absolute atomic E-state index is 0.0703. The maximum Gasteiger partial charge on any atom is 0.194 e. The Morgan fingerprint density at radius 2 is 1.89 bits per heavy atom. The first-order valence-corrected chi connectivity index (χ1v) is 6.32. The van der Waals surface area contributed by atoms with Gasteiger partial charge in [-0.1, -0.05) is 12.1 Å². The zero-order valence-electron chi connectivity index (χ0n) is 10.4. The fourth-order valence-corrected chi connectivity index (χ4v) is 2.56. The van der Waals surface area contributed by atoms with Crippen LogP contribution in [0.5, 0.6) is 0 Å². The first kappa shape index (κ1) is 11.1. The molecule has 2 heteroatoms. The maximum absolute atomic E-state index is 12.4. The Morgan fingerprint density at radius 1 is 1.06 bits per heavy atom. The van der Waals surface area contributed by atoms with Crippen molar-refractivity contribution in [2.24, 2.45) is 0 Å². The predicted molar refractivity (Wildman–Crippen MR) is 70.9 cm³/mol. The Hall–Kier alpha value is -1.96. The van der Waals surface area contributed by atoms with Crippen molar-refractivity contribution in [3.63, 3.8) is 0 Å².